The molecule has 24 heavy (non-hydrogen) atoms. The average Bonchev–Trinajstić information content (AvgIpc) is 2.54. The van der Waals surface area contributed by atoms with E-state index in [-0.39, 0.29) is 0 Å². The fourth-order valence-corrected chi connectivity index (χ4v) is 2.82. The first-order valence-electron chi connectivity index (χ1n) is 7.46. The highest BCUT2D eigenvalue weighted by Gasteiger charge is 2.49. The Kier molecular flexibility index (Phi) is 3.97. The SMILES string of the molecule is Cc1ccc2c(c1)N(C)C(=O)C(C)(C(=O)Nc1cccc(Cl)c1)O2. The number of anilines is 2. The molecule has 5 nitrogen and oxygen atoms in total. The Morgan fingerprint density at radius 1 is 1.25 bits per heavy atom. The van der Waals surface area contributed by atoms with E-state index in [4.69, 9.17) is 16.3 Å². The monoisotopic (exact) mass is 344 g/mol. The standard InChI is InChI=1S/C18H17ClN2O3/c1-11-7-8-15-14(9-11)21(3)17(23)18(2,24-15)16(22)20-13-6-4-5-12(19)10-13/h4-10H,1-3H3,(H,20,22). The number of hydrogen-bond acceptors (Lipinski definition) is 3. The lowest BCUT2D eigenvalue weighted by molar-refractivity contribution is -0.144. The Balaban J connectivity index is 1.93. The number of benzene rings is 2. The molecule has 1 unspecified atom stereocenters. The Bertz CT molecular complexity index is 837. The second-order valence-corrected chi connectivity index (χ2v) is 6.37. The predicted octanol–water partition coefficient (Wildman–Crippen LogP) is 3.40. The van der Waals surface area contributed by atoms with Gasteiger partial charge in [-0.15, -0.1) is 0 Å². The summed E-state index contributed by atoms with van der Waals surface area (Å²) in [7, 11) is 1.63. The number of amides is 2. The molecule has 3 rings (SSSR count). The van der Waals surface area contributed by atoms with E-state index >= 15 is 0 Å². The molecular weight excluding hydrogens is 328 g/mol. The summed E-state index contributed by atoms with van der Waals surface area (Å²) in [4.78, 5) is 26.9. The highest BCUT2D eigenvalue weighted by atomic mass is 35.5. The third-order valence-electron chi connectivity index (χ3n) is 4.02. The molecule has 6 heteroatoms. The largest absolute Gasteiger partial charge is 0.465 e. The van der Waals surface area contributed by atoms with Crippen molar-refractivity contribution in [3.63, 3.8) is 0 Å². The van der Waals surface area contributed by atoms with Gasteiger partial charge in [-0.05, 0) is 49.7 Å². The van der Waals surface area contributed by atoms with Crippen LogP contribution in [-0.2, 0) is 9.59 Å². The average molecular weight is 345 g/mol. The maximum atomic E-state index is 12.7. The number of nitrogens with zero attached hydrogens (tertiary/aromatic N) is 1. The van der Waals surface area contributed by atoms with Crippen molar-refractivity contribution < 1.29 is 14.3 Å². The smallest absolute Gasteiger partial charge is 0.280 e. The Labute approximate surface area is 145 Å². The summed E-state index contributed by atoms with van der Waals surface area (Å²) in [6.45, 7) is 3.40. The molecule has 1 aliphatic rings. The van der Waals surface area contributed by atoms with Gasteiger partial charge in [-0.2, -0.15) is 0 Å². The third-order valence-corrected chi connectivity index (χ3v) is 4.25. The minimum atomic E-state index is -1.65. The van der Waals surface area contributed by atoms with Crippen LogP contribution in [0, 0.1) is 6.92 Å². The van der Waals surface area contributed by atoms with Crippen LogP contribution in [0.15, 0.2) is 42.5 Å². The van der Waals surface area contributed by atoms with Crippen molar-refractivity contribution >= 4 is 34.8 Å². The van der Waals surface area contributed by atoms with Crippen LogP contribution in [0.4, 0.5) is 11.4 Å². The number of likely N-dealkylation sites (N-methyl/N-ethyl adjacent to an activating group) is 1. The summed E-state index contributed by atoms with van der Waals surface area (Å²) in [6, 6.07) is 12.2. The molecule has 0 saturated heterocycles. The summed E-state index contributed by atoms with van der Waals surface area (Å²) in [5, 5.41) is 3.18. The van der Waals surface area contributed by atoms with Crippen molar-refractivity contribution in [2.75, 3.05) is 17.3 Å². The van der Waals surface area contributed by atoms with Crippen LogP contribution in [0.1, 0.15) is 12.5 Å². The maximum Gasteiger partial charge on any atom is 0.280 e. The van der Waals surface area contributed by atoms with Crippen LogP contribution in [0.5, 0.6) is 5.75 Å². The Hall–Kier alpha value is -2.53. The van der Waals surface area contributed by atoms with Gasteiger partial charge in [0.25, 0.3) is 17.4 Å². The van der Waals surface area contributed by atoms with Gasteiger partial charge < -0.3 is 15.0 Å². The quantitative estimate of drug-likeness (QED) is 0.849. The van der Waals surface area contributed by atoms with Crippen LogP contribution in [-0.4, -0.2) is 24.5 Å². The van der Waals surface area contributed by atoms with E-state index in [0.717, 1.165) is 5.56 Å². The second kappa shape index (κ2) is 5.83. The third kappa shape index (κ3) is 2.71. The highest BCUT2D eigenvalue weighted by molar-refractivity contribution is 6.31. The number of nitrogens with one attached hydrogen (secondary N) is 1. The lowest BCUT2D eigenvalue weighted by Gasteiger charge is -2.38. The molecule has 2 amide bonds. The first-order chi connectivity index (χ1) is 11.3. The summed E-state index contributed by atoms with van der Waals surface area (Å²) in [5.41, 5.74) is 0.499. The molecule has 2 aromatic carbocycles. The van der Waals surface area contributed by atoms with E-state index in [2.05, 4.69) is 5.32 Å². The van der Waals surface area contributed by atoms with Crippen LogP contribution >= 0.6 is 11.6 Å². The molecule has 0 aromatic heterocycles. The Morgan fingerprint density at radius 2 is 2.00 bits per heavy atom. The summed E-state index contributed by atoms with van der Waals surface area (Å²) < 4.78 is 5.79. The fourth-order valence-electron chi connectivity index (χ4n) is 2.63. The lowest BCUT2D eigenvalue weighted by Crippen LogP contribution is -2.59. The molecule has 0 fully saturated rings. The number of carbonyl (C=O) groups is 2. The van der Waals surface area contributed by atoms with Gasteiger partial charge in [-0.25, -0.2) is 0 Å². The zero-order valence-corrected chi connectivity index (χ0v) is 14.3. The molecule has 0 radical (unpaired) electrons. The molecule has 1 N–H and O–H groups in total. The number of carbonyl (C=O) groups excluding carboxylic acids is 2. The van der Waals surface area contributed by atoms with Gasteiger partial charge in [-0.3, -0.25) is 9.59 Å². The van der Waals surface area contributed by atoms with E-state index in [1.54, 1.807) is 37.4 Å². The van der Waals surface area contributed by atoms with Gasteiger partial charge >= 0.3 is 0 Å². The van der Waals surface area contributed by atoms with Crippen molar-refractivity contribution in [2.24, 2.45) is 0 Å². The maximum absolute atomic E-state index is 12.7. The normalized spacial score (nSPS) is 19.5. The minimum Gasteiger partial charge on any atom is -0.465 e. The topological polar surface area (TPSA) is 58.6 Å². The molecule has 1 heterocycles. The predicted molar refractivity (Wildman–Crippen MR) is 93.7 cm³/mol. The van der Waals surface area contributed by atoms with E-state index in [1.807, 2.05) is 19.1 Å². The molecule has 0 spiro atoms. The molecule has 0 saturated carbocycles. The molecule has 1 atom stereocenters. The zero-order chi connectivity index (χ0) is 17.5. The van der Waals surface area contributed by atoms with Crippen LogP contribution in [0.3, 0.4) is 0 Å². The molecule has 124 valence electrons. The van der Waals surface area contributed by atoms with Crippen molar-refractivity contribution in [1.82, 2.24) is 0 Å². The number of fused-ring (bicyclic) bond motifs is 1. The van der Waals surface area contributed by atoms with Crippen LogP contribution in [0.2, 0.25) is 5.02 Å². The van der Waals surface area contributed by atoms with E-state index in [0.29, 0.717) is 22.1 Å². The molecule has 2 aromatic rings. The summed E-state index contributed by atoms with van der Waals surface area (Å²) >= 11 is 5.92. The van der Waals surface area contributed by atoms with Crippen molar-refractivity contribution in [2.45, 2.75) is 19.4 Å². The van der Waals surface area contributed by atoms with Crippen LogP contribution in [0.25, 0.3) is 0 Å². The summed E-state index contributed by atoms with van der Waals surface area (Å²) in [6.07, 6.45) is 0. The Morgan fingerprint density at radius 3 is 2.71 bits per heavy atom. The van der Waals surface area contributed by atoms with Gasteiger partial charge in [0.2, 0.25) is 0 Å². The van der Waals surface area contributed by atoms with Gasteiger partial charge in [-0.1, -0.05) is 23.7 Å². The van der Waals surface area contributed by atoms with Crippen molar-refractivity contribution in [3.8, 4) is 5.75 Å². The van der Waals surface area contributed by atoms with Gasteiger partial charge in [0.1, 0.15) is 5.75 Å². The second-order valence-electron chi connectivity index (χ2n) is 5.94. The lowest BCUT2D eigenvalue weighted by atomic mass is 9.99. The van der Waals surface area contributed by atoms with E-state index < -0.39 is 17.4 Å². The van der Waals surface area contributed by atoms with Crippen molar-refractivity contribution in [1.29, 1.82) is 0 Å². The van der Waals surface area contributed by atoms with Gasteiger partial charge in [0.15, 0.2) is 0 Å². The number of ether oxygens (including phenoxy) is 1. The molecular formula is C18H17ClN2O3. The first-order valence-corrected chi connectivity index (χ1v) is 7.84. The van der Waals surface area contributed by atoms with Gasteiger partial charge in [0, 0.05) is 17.8 Å². The molecule has 0 aliphatic carbocycles. The van der Waals surface area contributed by atoms with E-state index in [9.17, 15) is 9.59 Å². The molecule has 0 bridgehead atoms. The molecule has 1 aliphatic heterocycles. The summed E-state index contributed by atoms with van der Waals surface area (Å²) in [5.74, 6) is -0.487. The number of halogens is 1. The number of hydrogen-bond donors (Lipinski definition) is 1. The highest BCUT2D eigenvalue weighted by Crippen LogP contribution is 2.38. The van der Waals surface area contributed by atoms with Crippen molar-refractivity contribution in [3.05, 3.63) is 53.1 Å². The zero-order valence-electron chi connectivity index (χ0n) is 13.6. The number of rotatable bonds is 2. The number of aryl methyl sites for hydroxylation is 1. The minimum absolute atomic E-state index is 0.430. The van der Waals surface area contributed by atoms with E-state index in [1.165, 1.54) is 11.8 Å². The van der Waals surface area contributed by atoms with Crippen LogP contribution < -0.4 is 15.0 Å². The first kappa shape index (κ1) is 16.3. The van der Waals surface area contributed by atoms with Gasteiger partial charge in [0.05, 0.1) is 5.69 Å². The fraction of sp³-hybridized carbons (Fsp3) is 0.222.